The van der Waals surface area contributed by atoms with E-state index in [1.54, 1.807) is 0 Å². The first-order valence-corrected chi connectivity index (χ1v) is 7.10. The predicted octanol–water partition coefficient (Wildman–Crippen LogP) is 2.52. The van der Waals surface area contributed by atoms with Crippen molar-refractivity contribution in [1.29, 1.82) is 0 Å². The van der Waals surface area contributed by atoms with Crippen LogP contribution in [0.4, 0.5) is 0 Å². The maximum absolute atomic E-state index is 12.2. The van der Waals surface area contributed by atoms with Gasteiger partial charge in [-0.3, -0.25) is 9.59 Å². The van der Waals surface area contributed by atoms with Crippen molar-refractivity contribution in [3.63, 3.8) is 0 Å². The molecule has 110 valence electrons. The monoisotopic (exact) mass is 277 g/mol. The molecule has 0 bridgehead atoms. The van der Waals surface area contributed by atoms with Gasteiger partial charge in [0.25, 0.3) is 0 Å². The third kappa shape index (κ3) is 5.53. The van der Waals surface area contributed by atoms with E-state index in [0.29, 0.717) is 19.5 Å². The minimum absolute atomic E-state index is 0.104. The third-order valence-electron chi connectivity index (χ3n) is 3.29. The number of hydrogen-bond donors (Lipinski definition) is 2. The van der Waals surface area contributed by atoms with E-state index < -0.39 is 5.97 Å². The van der Waals surface area contributed by atoms with E-state index >= 15 is 0 Å². The number of carbonyl (C=O) groups excluding carboxylic acids is 1. The van der Waals surface area contributed by atoms with Crippen molar-refractivity contribution in [3.05, 3.63) is 35.4 Å². The molecule has 0 heterocycles. The second-order valence-electron chi connectivity index (χ2n) is 5.02. The number of aryl methyl sites for hydroxylation is 1. The Kier molecular flexibility index (Phi) is 6.94. The number of benzene rings is 1. The zero-order chi connectivity index (χ0) is 15.0. The fourth-order valence-corrected chi connectivity index (χ4v) is 1.97. The molecule has 0 aliphatic heterocycles. The van der Waals surface area contributed by atoms with Gasteiger partial charge in [-0.1, -0.05) is 38.1 Å². The molecule has 0 aliphatic rings. The van der Waals surface area contributed by atoms with Gasteiger partial charge < -0.3 is 10.4 Å². The summed E-state index contributed by atoms with van der Waals surface area (Å²) in [5.41, 5.74) is 1.96. The van der Waals surface area contributed by atoms with Gasteiger partial charge in [-0.25, -0.2) is 0 Å². The van der Waals surface area contributed by atoms with Gasteiger partial charge in [0.05, 0.1) is 0 Å². The molecule has 0 fully saturated rings. The average Bonchev–Trinajstić information content (AvgIpc) is 2.45. The Morgan fingerprint density at radius 2 is 1.90 bits per heavy atom. The maximum atomic E-state index is 12.2. The van der Waals surface area contributed by atoms with Crippen LogP contribution in [0.25, 0.3) is 0 Å². The number of hydrogen-bond acceptors (Lipinski definition) is 3. The molecule has 2 N–H and O–H groups in total. The zero-order valence-corrected chi connectivity index (χ0v) is 12.2. The summed E-state index contributed by atoms with van der Waals surface area (Å²) in [7, 11) is 0. The summed E-state index contributed by atoms with van der Waals surface area (Å²) in [6, 6.07) is 7.73. The molecule has 0 amide bonds. The topological polar surface area (TPSA) is 66.4 Å². The minimum atomic E-state index is -0.785. The smallest absolute Gasteiger partial charge is 0.303 e. The van der Waals surface area contributed by atoms with Crippen LogP contribution in [0.5, 0.6) is 0 Å². The molecule has 0 radical (unpaired) electrons. The molecule has 0 saturated heterocycles. The molecule has 1 aromatic rings. The summed E-state index contributed by atoms with van der Waals surface area (Å²) in [4.78, 5) is 22.5. The quantitative estimate of drug-likeness (QED) is 0.537. The Labute approximate surface area is 120 Å². The molecular formula is C16H23NO3. The standard InChI is InChI=1S/C16H23NO3/c1-3-13-6-8-14(9-7-13)16(20)12(2)11-17-10-4-5-15(18)19/h6-9,12,17H,3-5,10-11H2,1-2H3,(H,18,19). The van der Waals surface area contributed by atoms with Gasteiger partial charge in [-0.05, 0) is 24.9 Å². The van der Waals surface area contributed by atoms with Crippen LogP contribution in [-0.2, 0) is 11.2 Å². The van der Waals surface area contributed by atoms with Gasteiger partial charge in [-0.15, -0.1) is 0 Å². The molecule has 0 saturated carbocycles. The fourth-order valence-electron chi connectivity index (χ4n) is 1.97. The van der Waals surface area contributed by atoms with Crippen LogP contribution < -0.4 is 5.32 Å². The highest BCUT2D eigenvalue weighted by molar-refractivity contribution is 5.97. The molecule has 1 atom stereocenters. The van der Waals surface area contributed by atoms with E-state index in [2.05, 4.69) is 12.2 Å². The molecule has 0 spiro atoms. The number of carboxylic acid groups (broad SMARTS) is 1. The summed E-state index contributed by atoms with van der Waals surface area (Å²) < 4.78 is 0. The van der Waals surface area contributed by atoms with E-state index in [1.165, 1.54) is 5.56 Å². The lowest BCUT2D eigenvalue weighted by atomic mass is 9.98. The molecule has 0 aromatic heterocycles. The third-order valence-corrected chi connectivity index (χ3v) is 3.29. The summed E-state index contributed by atoms with van der Waals surface area (Å²) >= 11 is 0. The Balaban J connectivity index is 2.36. The Hall–Kier alpha value is -1.68. The second-order valence-corrected chi connectivity index (χ2v) is 5.02. The number of aliphatic carboxylic acids is 1. The summed E-state index contributed by atoms with van der Waals surface area (Å²) in [6.07, 6.45) is 1.71. The zero-order valence-electron chi connectivity index (χ0n) is 12.2. The van der Waals surface area contributed by atoms with Gasteiger partial charge in [0.15, 0.2) is 5.78 Å². The van der Waals surface area contributed by atoms with Crippen molar-refractivity contribution in [2.45, 2.75) is 33.1 Å². The molecule has 1 unspecified atom stereocenters. The van der Waals surface area contributed by atoms with Crippen molar-refractivity contribution in [2.24, 2.45) is 5.92 Å². The molecule has 1 aromatic carbocycles. The molecular weight excluding hydrogens is 254 g/mol. The number of Topliss-reactive ketones (excluding diaryl/α,β-unsaturated/α-hetero) is 1. The van der Waals surface area contributed by atoms with Crippen molar-refractivity contribution in [1.82, 2.24) is 5.32 Å². The van der Waals surface area contributed by atoms with Gasteiger partial charge in [-0.2, -0.15) is 0 Å². The van der Waals surface area contributed by atoms with Crippen molar-refractivity contribution in [3.8, 4) is 0 Å². The summed E-state index contributed by atoms with van der Waals surface area (Å²) in [5.74, 6) is -0.766. The lowest BCUT2D eigenvalue weighted by Crippen LogP contribution is -2.27. The normalized spacial score (nSPS) is 12.1. The van der Waals surface area contributed by atoms with E-state index in [1.807, 2.05) is 31.2 Å². The Bertz CT molecular complexity index is 440. The molecule has 4 heteroatoms. The van der Waals surface area contributed by atoms with Crippen LogP contribution in [0, 0.1) is 5.92 Å². The van der Waals surface area contributed by atoms with Crippen LogP contribution in [0.3, 0.4) is 0 Å². The number of carbonyl (C=O) groups is 2. The van der Waals surface area contributed by atoms with Crippen LogP contribution in [-0.4, -0.2) is 29.9 Å². The average molecular weight is 277 g/mol. The fraction of sp³-hybridized carbons (Fsp3) is 0.500. The van der Waals surface area contributed by atoms with Crippen LogP contribution in [0.15, 0.2) is 24.3 Å². The van der Waals surface area contributed by atoms with Crippen LogP contribution in [0.2, 0.25) is 0 Å². The highest BCUT2D eigenvalue weighted by Crippen LogP contribution is 2.10. The van der Waals surface area contributed by atoms with Gasteiger partial charge in [0.2, 0.25) is 0 Å². The molecule has 1 rings (SSSR count). The second kappa shape index (κ2) is 8.48. The van der Waals surface area contributed by atoms with E-state index in [9.17, 15) is 9.59 Å². The number of rotatable bonds is 9. The van der Waals surface area contributed by atoms with E-state index in [0.717, 1.165) is 12.0 Å². The number of ketones is 1. The number of carboxylic acids is 1. The minimum Gasteiger partial charge on any atom is -0.481 e. The summed E-state index contributed by atoms with van der Waals surface area (Å²) in [6.45, 7) is 5.17. The van der Waals surface area contributed by atoms with Crippen LogP contribution in [0.1, 0.15) is 42.6 Å². The first-order valence-electron chi connectivity index (χ1n) is 7.10. The van der Waals surface area contributed by atoms with Crippen molar-refractivity contribution in [2.75, 3.05) is 13.1 Å². The molecule has 4 nitrogen and oxygen atoms in total. The predicted molar refractivity (Wildman–Crippen MR) is 79.1 cm³/mol. The van der Waals surface area contributed by atoms with E-state index in [4.69, 9.17) is 5.11 Å². The first kappa shape index (κ1) is 16.4. The highest BCUT2D eigenvalue weighted by atomic mass is 16.4. The summed E-state index contributed by atoms with van der Waals surface area (Å²) in [5, 5.41) is 11.6. The molecule has 20 heavy (non-hydrogen) atoms. The lowest BCUT2D eigenvalue weighted by Gasteiger charge is -2.12. The lowest BCUT2D eigenvalue weighted by molar-refractivity contribution is -0.137. The van der Waals surface area contributed by atoms with Crippen LogP contribution >= 0.6 is 0 Å². The Morgan fingerprint density at radius 3 is 2.45 bits per heavy atom. The van der Waals surface area contributed by atoms with Gasteiger partial charge in [0, 0.05) is 24.4 Å². The van der Waals surface area contributed by atoms with E-state index in [-0.39, 0.29) is 18.1 Å². The Morgan fingerprint density at radius 1 is 1.25 bits per heavy atom. The van der Waals surface area contributed by atoms with Gasteiger partial charge in [0.1, 0.15) is 0 Å². The largest absolute Gasteiger partial charge is 0.481 e. The molecule has 0 aliphatic carbocycles. The first-order chi connectivity index (χ1) is 9.54. The van der Waals surface area contributed by atoms with Crippen molar-refractivity contribution < 1.29 is 14.7 Å². The maximum Gasteiger partial charge on any atom is 0.303 e. The van der Waals surface area contributed by atoms with Gasteiger partial charge >= 0.3 is 5.97 Å². The number of nitrogens with one attached hydrogen (secondary N) is 1. The highest BCUT2D eigenvalue weighted by Gasteiger charge is 2.14. The SMILES string of the molecule is CCc1ccc(C(=O)C(C)CNCCCC(=O)O)cc1. The van der Waals surface area contributed by atoms with Crippen molar-refractivity contribution >= 4 is 11.8 Å².